The number of esters is 1. The number of ether oxygens (including phenoxy) is 3. The van der Waals surface area contributed by atoms with E-state index >= 15 is 0 Å². The Hall–Kier alpha value is -4.83. The lowest BCUT2D eigenvalue weighted by molar-refractivity contribution is -0.120. The largest absolute Gasteiger partial charge is 0.497 e. The summed E-state index contributed by atoms with van der Waals surface area (Å²) >= 11 is 6.27. The van der Waals surface area contributed by atoms with Crippen LogP contribution in [-0.2, 0) is 14.3 Å². The number of carbonyl (C=O) groups excluding carboxylic acids is 4. The molecule has 0 bridgehead atoms. The standard InChI is InChI=1S/C28H24ClN3O7/c1-4-39-28(36)16-8-10-18(11-9-16)31-25(33)17-6-5-7-19(14-17)30-24-23(29)26(34)32(27(24)35)21-15-20(37-2)12-13-22(21)38-3/h5-15,30H,4H2,1-3H3,(H,31,33). The number of rotatable bonds is 9. The molecule has 0 atom stereocenters. The van der Waals surface area contributed by atoms with Gasteiger partial charge in [-0.25, -0.2) is 9.69 Å². The molecule has 11 heteroatoms. The summed E-state index contributed by atoms with van der Waals surface area (Å²) in [7, 11) is 2.87. The minimum atomic E-state index is -0.740. The molecule has 10 nitrogen and oxygen atoms in total. The Morgan fingerprint density at radius 2 is 1.62 bits per heavy atom. The molecule has 0 aromatic heterocycles. The first-order valence-corrected chi connectivity index (χ1v) is 12.1. The topological polar surface area (TPSA) is 123 Å². The Bertz CT molecular complexity index is 1480. The van der Waals surface area contributed by atoms with Gasteiger partial charge >= 0.3 is 5.97 Å². The van der Waals surface area contributed by atoms with Gasteiger partial charge in [-0.3, -0.25) is 14.4 Å². The molecule has 3 amide bonds. The van der Waals surface area contributed by atoms with Crippen molar-refractivity contribution >= 4 is 52.4 Å². The third kappa shape index (κ3) is 5.70. The lowest BCUT2D eigenvalue weighted by Gasteiger charge is -2.19. The first-order valence-electron chi connectivity index (χ1n) is 11.7. The van der Waals surface area contributed by atoms with Gasteiger partial charge in [0.15, 0.2) is 0 Å². The molecule has 0 saturated carbocycles. The number of carbonyl (C=O) groups is 4. The first-order chi connectivity index (χ1) is 18.8. The monoisotopic (exact) mass is 549 g/mol. The first kappa shape index (κ1) is 27.2. The molecule has 1 aliphatic rings. The number of nitrogens with zero attached hydrogens (tertiary/aromatic N) is 1. The van der Waals surface area contributed by atoms with Crippen LogP contribution in [0.1, 0.15) is 27.6 Å². The van der Waals surface area contributed by atoms with E-state index < -0.39 is 23.7 Å². The van der Waals surface area contributed by atoms with Crippen molar-refractivity contribution in [3.63, 3.8) is 0 Å². The molecular weight excluding hydrogens is 526 g/mol. The Balaban J connectivity index is 1.51. The average molecular weight is 550 g/mol. The van der Waals surface area contributed by atoms with Gasteiger partial charge in [-0.2, -0.15) is 0 Å². The molecule has 3 aromatic rings. The Morgan fingerprint density at radius 1 is 0.872 bits per heavy atom. The third-order valence-electron chi connectivity index (χ3n) is 5.70. The van der Waals surface area contributed by atoms with Gasteiger partial charge in [-0.05, 0) is 61.5 Å². The van der Waals surface area contributed by atoms with Gasteiger partial charge in [0.25, 0.3) is 17.7 Å². The summed E-state index contributed by atoms with van der Waals surface area (Å²) in [5, 5.41) is 5.28. The van der Waals surface area contributed by atoms with E-state index in [1.807, 2.05) is 0 Å². The van der Waals surface area contributed by atoms with E-state index in [1.54, 1.807) is 61.5 Å². The van der Waals surface area contributed by atoms with E-state index in [0.717, 1.165) is 4.90 Å². The van der Waals surface area contributed by atoms with Crippen LogP contribution in [0.4, 0.5) is 17.1 Å². The maximum Gasteiger partial charge on any atom is 0.338 e. The highest BCUT2D eigenvalue weighted by molar-refractivity contribution is 6.53. The molecule has 0 spiro atoms. The van der Waals surface area contributed by atoms with Crippen molar-refractivity contribution in [3.05, 3.63) is 88.6 Å². The molecule has 0 radical (unpaired) electrons. The SMILES string of the molecule is CCOC(=O)c1ccc(NC(=O)c2cccc(NC3=C(Cl)C(=O)N(c4cc(OC)ccc4OC)C3=O)c2)cc1. The fourth-order valence-corrected chi connectivity index (χ4v) is 4.00. The minimum absolute atomic E-state index is 0.154. The predicted molar refractivity (Wildman–Crippen MR) is 145 cm³/mol. The molecule has 1 aliphatic heterocycles. The molecule has 0 fully saturated rings. The third-order valence-corrected chi connectivity index (χ3v) is 6.05. The van der Waals surface area contributed by atoms with E-state index in [0.29, 0.717) is 22.7 Å². The van der Waals surface area contributed by atoms with Crippen LogP contribution in [0, 0.1) is 0 Å². The molecule has 4 rings (SSSR count). The summed E-state index contributed by atoms with van der Waals surface area (Å²) in [5.74, 6) is -1.64. The zero-order valence-corrected chi connectivity index (χ0v) is 22.0. The van der Waals surface area contributed by atoms with Crippen LogP contribution in [0.15, 0.2) is 77.5 Å². The molecule has 0 aliphatic carbocycles. The van der Waals surface area contributed by atoms with Crippen molar-refractivity contribution in [1.29, 1.82) is 0 Å². The van der Waals surface area contributed by atoms with Crippen molar-refractivity contribution in [2.24, 2.45) is 0 Å². The molecule has 200 valence electrons. The lowest BCUT2D eigenvalue weighted by Crippen LogP contribution is -2.32. The highest BCUT2D eigenvalue weighted by atomic mass is 35.5. The van der Waals surface area contributed by atoms with Gasteiger partial charge in [0.2, 0.25) is 0 Å². The van der Waals surface area contributed by atoms with Crippen molar-refractivity contribution in [2.45, 2.75) is 6.92 Å². The Kier molecular flexibility index (Phi) is 8.16. The molecule has 1 heterocycles. The maximum absolute atomic E-state index is 13.3. The quantitative estimate of drug-likeness (QED) is 0.294. The summed E-state index contributed by atoms with van der Waals surface area (Å²) < 4.78 is 15.5. The molecule has 2 N–H and O–H groups in total. The zero-order chi connectivity index (χ0) is 28.1. The number of benzene rings is 3. The van der Waals surface area contributed by atoms with Gasteiger partial charge in [-0.1, -0.05) is 17.7 Å². The summed E-state index contributed by atoms with van der Waals surface area (Å²) in [5.41, 5.74) is 1.48. The number of methoxy groups -OCH3 is 2. The number of nitrogens with one attached hydrogen (secondary N) is 2. The molecule has 39 heavy (non-hydrogen) atoms. The zero-order valence-electron chi connectivity index (χ0n) is 21.2. The normalized spacial score (nSPS) is 12.9. The molecule has 0 unspecified atom stereocenters. The maximum atomic E-state index is 13.3. The van der Waals surface area contributed by atoms with Crippen LogP contribution in [0.25, 0.3) is 0 Å². The van der Waals surface area contributed by atoms with Crippen LogP contribution >= 0.6 is 11.6 Å². The number of halogens is 1. The highest BCUT2D eigenvalue weighted by Gasteiger charge is 2.40. The van der Waals surface area contributed by atoms with Crippen LogP contribution < -0.4 is 25.0 Å². The fourth-order valence-electron chi connectivity index (χ4n) is 3.79. The summed E-state index contributed by atoms with van der Waals surface area (Å²) in [6, 6.07) is 17.3. The van der Waals surface area contributed by atoms with Crippen molar-refractivity contribution < 1.29 is 33.4 Å². The van der Waals surface area contributed by atoms with Crippen molar-refractivity contribution in [2.75, 3.05) is 36.4 Å². The van der Waals surface area contributed by atoms with Gasteiger partial charge in [0.05, 0.1) is 32.1 Å². The second-order valence-electron chi connectivity index (χ2n) is 8.13. The number of hydrogen-bond donors (Lipinski definition) is 2. The van der Waals surface area contributed by atoms with E-state index in [2.05, 4.69) is 10.6 Å². The van der Waals surface area contributed by atoms with E-state index in [4.69, 9.17) is 25.8 Å². The highest BCUT2D eigenvalue weighted by Crippen LogP contribution is 2.38. The van der Waals surface area contributed by atoms with Crippen LogP contribution in [0.5, 0.6) is 11.5 Å². The fraction of sp³-hybridized carbons (Fsp3) is 0.143. The number of imide groups is 1. The molecule has 0 saturated heterocycles. The minimum Gasteiger partial charge on any atom is -0.497 e. The predicted octanol–water partition coefficient (Wildman–Crippen LogP) is 4.57. The van der Waals surface area contributed by atoms with E-state index in [-0.39, 0.29) is 34.3 Å². The van der Waals surface area contributed by atoms with Crippen LogP contribution in [-0.4, -0.2) is 44.5 Å². The van der Waals surface area contributed by atoms with Gasteiger partial charge in [0, 0.05) is 23.0 Å². The van der Waals surface area contributed by atoms with E-state index in [1.165, 1.54) is 26.4 Å². The van der Waals surface area contributed by atoms with Gasteiger partial charge in [-0.15, -0.1) is 0 Å². The molecular formula is C28H24ClN3O7. The Morgan fingerprint density at radius 3 is 2.28 bits per heavy atom. The summed E-state index contributed by atoms with van der Waals surface area (Å²) in [6.45, 7) is 1.98. The average Bonchev–Trinajstić information content (AvgIpc) is 3.16. The number of amides is 3. The van der Waals surface area contributed by atoms with Crippen molar-refractivity contribution in [3.8, 4) is 11.5 Å². The smallest absolute Gasteiger partial charge is 0.338 e. The van der Waals surface area contributed by atoms with Gasteiger partial charge < -0.3 is 24.8 Å². The summed E-state index contributed by atoms with van der Waals surface area (Å²) in [4.78, 5) is 51.8. The summed E-state index contributed by atoms with van der Waals surface area (Å²) in [6.07, 6.45) is 0. The lowest BCUT2D eigenvalue weighted by atomic mass is 10.1. The van der Waals surface area contributed by atoms with E-state index in [9.17, 15) is 19.2 Å². The number of hydrogen-bond acceptors (Lipinski definition) is 8. The van der Waals surface area contributed by atoms with Crippen LogP contribution in [0.3, 0.4) is 0 Å². The number of anilines is 3. The van der Waals surface area contributed by atoms with Gasteiger partial charge in [0.1, 0.15) is 22.2 Å². The second kappa shape index (κ2) is 11.7. The second-order valence-corrected chi connectivity index (χ2v) is 8.51. The van der Waals surface area contributed by atoms with Crippen LogP contribution in [0.2, 0.25) is 0 Å². The molecule has 3 aromatic carbocycles. The van der Waals surface area contributed by atoms with Crippen molar-refractivity contribution in [1.82, 2.24) is 0 Å². The Labute approximate surface area is 229 Å².